The fourth-order valence-electron chi connectivity index (χ4n) is 5.96. The summed E-state index contributed by atoms with van der Waals surface area (Å²) < 4.78 is 5.90. The Morgan fingerprint density at radius 2 is 1.44 bits per heavy atom. The van der Waals surface area contributed by atoms with Gasteiger partial charge in [-0.05, 0) is 52.8 Å². The normalized spacial score (nSPS) is 13.0. The number of amides is 2. The van der Waals surface area contributed by atoms with Gasteiger partial charge in [0.05, 0.1) is 11.5 Å². The number of hydrogen-bond donors (Lipinski definition) is 4. The molecule has 3 aromatic carbocycles. The van der Waals surface area contributed by atoms with E-state index < -0.39 is 36.0 Å². The van der Waals surface area contributed by atoms with E-state index in [1.54, 1.807) is 48.8 Å². The van der Waals surface area contributed by atoms with Crippen molar-refractivity contribution < 1.29 is 29.3 Å². The molecule has 5 rings (SSSR count). The third-order valence-electron chi connectivity index (χ3n) is 9.22. The lowest BCUT2D eigenvalue weighted by atomic mass is 9.95. The van der Waals surface area contributed by atoms with Crippen LogP contribution in [0.25, 0.3) is 22.5 Å². The maximum Gasteiger partial charge on any atom is 0.329 e. The highest BCUT2D eigenvalue weighted by atomic mass is 32.1. The first-order chi connectivity index (χ1) is 26.4. The molecule has 2 heterocycles. The highest BCUT2D eigenvalue weighted by Gasteiger charge is 2.33. The largest absolute Gasteiger partial charge is 0.494 e. The summed E-state index contributed by atoms with van der Waals surface area (Å²) in [4.78, 5) is 50.1. The topological polar surface area (TPSA) is 151 Å². The number of carboxylic acid groups (broad SMARTS) is 1. The molecular weight excluding hydrogens is 713 g/mol. The lowest BCUT2D eigenvalue weighted by molar-refractivity contribution is -0.145. The quantitative estimate of drug-likeness (QED) is 0.0654. The third-order valence-corrected chi connectivity index (χ3v) is 10.7. The highest BCUT2D eigenvalue weighted by molar-refractivity contribution is 7.14. The second-order valence-corrected chi connectivity index (χ2v) is 15.7. The van der Waals surface area contributed by atoms with E-state index in [1.165, 1.54) is 37.0 Å². The van der Waals surface area contributed by atoms with Crippen molar-refractivity contribution >= 4 is 29.1 Å². The minimum atomic E-state index is -1.65. The van der Waals surface area contributed by atoms with Crippen molar-refractivity contribution in [2.24, 2.45) is 0 Å². The molecular formula is C44H50N4O6S. The van der Waals surface area contributed by atoms with Crippen LogP contribution in [0.1, 0.15) is 91.6 Å². The van der Waals surface area contributed by atoms with Crippen LogP contribution in [0, 0.1) is 0 Å². The number of benzene rings is 3. The van der Waals surface area contributed by atoms with E-state index in [0.717, 1.165) is 33.7 Å². The van der Waals surface area contributed by atoms with Gasteiger partial charge < -0.3 is 25.6 Å². The molecule has 0 bridgehead atoms. The maximum absolute atomic E-state index is 13.8. The molecule has 11 heteroatoms. The van der Waals surface area contributed by atoms with E-state index in [2.05, 4.69) is 48.3 Å². The average molecular weight is 763 g/mol. The highest BCUT2D eigenvalue weighted by Crippen LogP contribution is 2.30. The Labute approximate surface area is 327 Å². The Bertz CT molecular complexity index is 1990. The van der Waals surface area contributed by atoms with Crippen molar-refractivity contribution in [1.82, 2.24) is 20.6 Å². The third kappa shape index (κ3) is 11.6. The van der Waals surface area contributed by atoms with Gasteiger partial charge in [-0.3, -0.25) is 9.59 Å². The van der Waals surface area contributed by atoms with Crippen LogP contribution in [0.4, 0.5) is 0 Å². The van der Waals surface area contributed by atoms with Crippen molar-refractivity contribution in [3.63, 3.8) is 0 Å². The summed E-state index contributed by atoms with van der Waals surface area (Å²) in [6.07, 6.45) is 8.04. The first-order valence-corrected chi connectivity index (χ1v) is 19.6. The van der Waals surface area contributed by atoms with Crippen LogP contribution in [0.3, 0.4) is 0 Å². The van der Waals surface area contributed by atoms with Gasteiger partial charge in [0, 0.05) is 34.8 Å². The van der Waals surface area contributed by atoms with Gasteiger partial charge in [-0.15, -0.1) is 11.3 Å². The minimum absolute atomic E-state index is 0.0570. The standard InChI is InChI=1S/C44H50N4O6S/c1-5-6-7-8-12-25-54-34-21-19-30(20-22-34)33-27-45-40(46-28-33)32-17-15-29(16-18-32)26-35(47-42(51)36-23-24-37(55-36)44(2,3)4)41(50)48-38(43(52)53)39(49)31-13-10-9-11-14-31/h9-11,13-24,27-28,35,38-39,49H,5-8,12,25-26H2,1-4H3,(H,47,51)(H,48,50)(H,52,53)/t35-,38-,39-/m0/s1. The lowest BCUT2D eigenvalue weighted by Crippen LogP contribution is -2.54. The zero-order valence-corrected chi connectivity index (χ0v) is 32.6. The monoisotopic (exact) mass is 762 g/mol. The number of hydrogen-bond acceptors (Lipinski definition) is 8. The minimum Gasteiger partial charge on any atom is -0.494 e. The van der Waals surface area contributed by atoms with Crippen molar-refractivity contribution in [2.45, 2.75) is 89.8 Å². The molecule has 0 unspecified atom stereocenters. The number of carboxylic acids is 1. The fraction of sp³-hybridized carbons (Fsp3) is 0.341. The number of aliphatic carboxylic acids is 1. The van der Waals surface area contributed by atoms with Crippen LogP contribution >= 0.6 is 11.3 Å². The summed E-state index contributed by atoms with van der Waals surface area (Å²) in [5.41, 5.74) is 3.48. The summed E-state index contributed by atoms with van der Waals surface area (Å²) in [5.74, 6) is -1.25. The molecule has 2 aromatic heterocycles. The number of aromatic nitrogens is 2. The van der Waals surface area contributed by atoms with E-state index in [9.17, 15) is 24.6 Å². The van der Waals surface area contributed by atoms with Gasteiger partial charge in [-0.25, -0.2) is 14.8 Å². The smallest absolute Gasteiger partial charge is 0.329 e. The zero-order chi connectivity index (χ0) is 39.4. The maximum atomic E-state index is 13.8. The Morgan fingerprint density at radius 3 is 2.05 bits per heavy atom. The van der Waals surface area contributed by atoms with Crippen LogP contribution in [0.5, 0.6) is 5.75 Å². The number of nitrogens with zero attached hydrogens (tertiary/aromatic N) is 2. The van der Waals surface area contributed by atoms with E-state index >= 15 is 0 Å². The van der Waals surface area contributed by atoms with Gasteiger partial charge in [-0.2, -0.15) is 0 Å². The lowest BCUT2D eigenvalue weighted by Gasteiger charge is -2.24. The molecule has 288 valence electrons. The van der Waals surface area contributed by atoms with Crippen molar-refractivity contribution in [1.29, 1.82) is 0 Å². The van der Waals surface area contributed by atoms with Gasteiger partial charge in [0.15, 0.2) is 11.9 Å². The number of rotatable bonds is 18. The number of aliphatic hydroxyl groups is 1. The fourth-order valence-corrected chi connectivity index (χ4v) is 6.93. The summed E-state index contributed by atoms with van der Waals surface area (Å²) >= 11 is 1.34. The predicted octanol–water partition coefficient (Wildman–Crippen LogP) is 8.16. The Kier molecular flexibility index (Phi) is 14.3. The van der Waals surface area contributed by atoms with E-state index in [4.69, 9.17) is 4.74 Å². The number of unbranched alkanes of at least 4 members (excludes halogenated alkanes) is 4. The Hall–Kier alpha value is -5.39. The van der Waals surface area contributed by atoms with E-state index in [0.29, 0.717) is 28.4 Å². The van der Waals surface area contributed by atoms with E-state index in [1.807, 2.05) is 54.6 Å². The number of ether oxygens (including phenoxy) is 1. The number of nitrogens with one attached hydrogen (secondary N) is 2. The van der Waals surface area contributed by atoms with Gasteiger partial charge in [-0.1, -0.05) is 120 Å². The van der Waals surface area contributed by atoms with Crippen molar-refractivity contribution in [3.05, 3.63) is 124 Å². The van der Waals surface area contributed by atoms with Crippen LogP contribution in [0.2, 0.25) is 0 Å². The second kappa shape index (κ2) is 19.3. The van der Waals surface area contributed by atoms with Crippen LogP contribution in [0.15, 0.2) is 103 Å². The molecule has 0 aliphatic carbocycles. The molecule has 0 aliphatic rings. The Balaban J connectivity index is 1.27. The Morgan fingerprint density at radius 1 is 0.782 bits per heavy atom. The molecule has 0 radical (unpaired) electrons. The molecule has 0 fully saturated rings. The van der Waals surface area contributed by atoms with Crippen LogP contribution in [-0.4, -0.2) is 56.7 Å². The van der Waals surface area contributed by atoms with Gasteiger partial charge in [0.2, 0.25) is 5.91 Å². The molecule has 5 aromatic rings. The molecule has 0 aliphatic heterocycles. The molecule has 2 amide bonds. The summed E-state index contributed by atoms with van der Waals surface area (Å²) in [6.45, 7) is 9.07. The number of carbonyl (C=O) groups excluding carboxylic acids is 2. The first kappa shape index (κ1) is 40.8. The molecule has 4 N–H and O–H groups in total. The molecule has 0 spiro atoms. The molecule has 3 atom stereocenters. The summed E-state index contributed by atoms with van der Waals surface area (Å²) in [5, 5.41) is 26.2. The van der Waals surface area contributed by atoms with Crippen LogP contribution in [-0.2, 0) is 21.4 Å². The molecule has 0 saturated carbocycles. The summed E-state index contributed by atoms with van der Waals surface area (Å²) in [6, 6.07) is 24.3. The van der Waals surface area contributed by atoms with Gasteiger partial charge in [0.1, 0.15) is 17.9 Å². The number of aliphatic hydroxyl groups excluding tert-OH is 1. The van der Waals surface area contributed by atoms with Gasteiger partial charge in [0.25, 0.3) is 5.91 Å². The predicted molar refractivity (Wildman–Crippen MR) is 216 cm³/mol. The molecule has 0 saturated heterocycles. The molecule has 10 nitrogen and oxygen atoms in total. The number of thiophene rings is 1. The second-order valence-electron chi connectivity index (χ2n) is 14.6. The van der Waals surface area contributed by atoms with Crippen molar-refractivity contribution in [2.75, 3.05) is 6.61 Å². The zero-order valence-electron chi connectivity index (χ0n) is 31.8. The van der Waals surface area contributed by atoms with Crippen LogP contribution < -0.4 is 15.4 Å². The van der Waals surface area contributed by atoms with Crippen molar-refractivity contribution in [3.8, 4) is 28.3 Å². The van der Waals surface area contributed by atoms with Gasteiger partial charge >= 0.3 is 5.97 Å². The SMILES string of the molecule is CCCCCCCOc1ccc(-c2cnc(-c3ccc(C[C@H](NC(=O)c4ccc(C(C)(C)C)s4)C(=O)N[C@H](C(=O)O)[C@@H](O)c4ccccc4)cc3)nc2)cc1. The first-order valence-electron chi connectivity index (χ1n) is 18.7. The van der Waals surface area contributed by atoms with E-state index in [-0.39, 0.29) is 11.8 Å². The summed E-state index contributed by atoms with van der Waals surface area (Å²) in [7, 11) is 0. The molecule has 55 heavy (non-hydrogen) atoms. The average Bonchev–Trinajstić information content (AvgIpc) is 3.71. The number of carbonyl (C=O) groups is 3.